The van der Waals surface area contributed by atoms with E-state index in [4.69, 9.17) is 9.47 Å². The molecule has 5 nitrogen and oxygen atoms in total. The van der Waals surface area contributed by atoms with Gasteiger partial charge in [0.15, 0.2) is 0 Å². The van der Waals surface area contributed by atoms with Crippen LogP contribution in [0, 0.1) is 0 Å². The van der Waals surface area contributed by atoms with Crippen LogP contribution in [0.3, 0.4) is 0 Å². The monoisotopic (exact) mass is 287 g/mol. The lowest BCUT2D eigenvalue weighted by Crippen LogP contribution is -2.15. The smallest absolute Gasteiger partial charge is 0.238 e. The second-order valence-electron chi connectivity index (χ2n) is 4.54. The number of hydrogen-bond acceptors (Lipinski definition) is 5. The van der Waals surface area contributed by atoms with Crippen LogP contribution < -0.4 is 14.8 Å². The van der Waals surface area contributed by atoms with Gasteiger partial charge in [-0.1, -0.05) is 13.0 Å². The summed E-state index contributed by atoms with van der Waals surface area (Å²) < 4.78 is 11.2. The average Bonchev–Trinajstić information content (AvgIpc) is 2.49. The highest BCUT2D eigenvalue weighted by atomic mass is 16.5. The average molecular weight is 287 g/mol. The topological polar surface area (TPSA) is 56.3 Å². The Morgan fingerprint density at radius 2 is 2.00 bits per heavy atom. The van der Waals surface area contributed by atoms with E-state index in [-0.39, 0.29) is 0 Å². The molecule has 0 aliphatic carbocycles. The third-order valence-electron chi connectivity index (χ3n) is 2.73. The molecular weight excluding hydrogens is 266 g/mol. The SMILES string of the molecule is CCCNCc1cncc(Oc2cccc(OCC)c2)n1. The maximum absolute atomic E-state index is 5.73. The first-order valence-electron chi connectivity index (χ1n) is 7.24. The molecule has 2 rings (SSSR count). The molecule has 0 atom stereocenters. The maximum Gasteiger partial charge on any atom is 0.238 e. The second-order valence-corrected chi connectivity index (χ2v) is 4.54. The van der Waals surface area contributed by atoms with Crippen LogP contribution in [-0.4, -0.2) is 23.1 Å². The maximum atomic E-state index is 5.73. The predicted molar refractivity (Wildman–Crippen MR) is 81.7 cm³/mol. The zero-order valence-corrected chi connectivity index (χ0v) is 12.5. The van der Waals surface area contributed by atoms with Crippen molar-refractivity contribution in [1.29, 1.82) is 0 Å². The molecule has 0 bridgehead atoms. The van der Waals surface area contributed by atoms with E-state index < -0.39 is 0 Å². The van der Waals surface area contributed by atoms with Crippen LogP contribution >= 0.6 is 0 Å². The lowest BCUT2D eigenvalue weighted by Gasteiger charge is -2.08. The largest absolute Gasteiger partial charge is 0.494 e. The Bertz CT molecular complexity index is 561. The summed E-state index contributed by atoms with van der Waals surface area (Å²) in [6.07, 6.45) is 4.44. The molecule has 0 unspecified atom stereocenters. The fraction of sp³-hybridized carbons (Fsp3) is 0.375. The highest BCUT2D eigenvalue weighted by Crippen LogP contribution is 2.23. The van der Waals surface area contributed by atoms with E-state index in [0.29, 0.717) is 24.8 Å². The van der Waals surface area contributed by atoms with Crippen molar-refractivity contribution in [3.63, 3.8) is 0 Å². The Morgan fingerprint density at radius 1 is 1.14 bits per heavy atom. The van der Waals surface area contributed by atoms with Gasteiger partial charge in [0.05, 0.1) is 18.5 Å². The van der Waals surface area contributed by atoms with E-state index in [1.54, 1.807) is 12.4 Å². The van der Waals surface area contributed by atoms with Crippen molar-refractivity contribution in [3.8, 4) is 17.4 Å². The van der Waals surface area contributed by atoms with Gasteiger partial charge in [-0.15, -0.1) is 0 Å². The molecule has 2 aromatic rings. The van der Waals surface area contributed by atoms with Crippen molar-refractivity contribution in [2.45, 2.75) is 26.8 Å². The molecule has 1 heterocycles. The van der Waals surface area contributed by atoms with E-state index >= 15 is 0 Å². The minimum absolute atomic E-state index is 0.486. The normalized spacial score (nSPS) is 10.4. The van der Waals surface area contributed by atoms with E-state index in [1.165, 1.54) is 0 Å². The number of ether oxygens (including phenoxy) is 2. The van der Waals surface area contributed by atoms with Crippen molar-refractivity contribution in [1.82, 2.24) is 15.3 Å². The second kappa shape index (κ2) is 8.21. The van der Waals surface area contributed by atoms with Gasteiger partial charge in [-0.2, -0.15) is 0 Å². The van der Waals surface area contributed by atoms with E-state index in [2.05, 4.69) is 22.2 Å². The Labute approximate surface area is 125 Å². The van der Waals surface area contributed by atoms with Gasteiger partial charge in [-0.25, -0.2) is 4.98 Å². The molecule has 0 radical (unpaired) electrons. The quantitative estimate of drug-likeness (QED) is 0.756. The van der Waals surface area contributed by atoms with Crippen molar-refractivity contribution in [2.75, 3.05) is 13.2 Å². The van der Waals surface area contributed by atoms with Gasteiger partial charge in [-0.3, -0.25) is 4.98 Å². The highest BCUT2D eigenvalue weighted by molar-refractivity contribution is 5.34. The Balaban J connectivity index is 2.01. The van der Waals surface area contributed by atoms with Crippen molar-refractivity contribution < 1.29 is 9.47 Å². The number of nitrogens with one attached hydrogen (secondary N) is 1. The number of aromatic nitrogens is 2. The Hall–Kier alpha value is -2.14. The standard InChI is InChI=1S/C16H21N3O2/c1-3-8-17-10-13-11-18-12-16(19-13)21-15-7-5-6-14(9-15)20-4-2/h5-7,9,11-12,17H,3-4,8,10H2,1-2H3. The fourth-order valence-electron chi connectivity index (χ4n) is 1.83. The summed E-state index contributed by atoms with van der Waals surface area (Å²) in [7, 11) is 0. The first-order valence-corrected chi connectivity index (χ1v) is 7.24. The molecule has 0 saturated carbocycles. The van der Waals surface area contributed by atoms with Crippen molar-refractivity contribution in [2.24, 2.45) is 0 Å². The molecule has 0 aliphatic rings. The van der Waals surface area contributed by atoms with Gasteiger partial charge in [0.1, 0.15) is 11.5 Å². The lowest BCUT2D eigenvalue weighted by atomic mass is 10.3. The van der Waals surface area contributed by atoms with E-state index in [1.807, 2.05) is 31.2 Å². The summed E-state index contributed by atoms with van der Waals surface area (Å²) in [6, 6.07) is 7.49. The molecule has 112 valence electrons. The Morgan fingerprint density at radius 3 is 2.81 bits per heavy atom. The van der Waals surface area contributed by atoms with Gasteiger partial charge in [-0.05, 0) is 32.0 Å². The molecule has 0 aliphatic heterocycles. The minimum Gasteiger partial charge on any atom is -0.494 e. The molecule has 0 spiro atoms. The third kappa shape index (κ3) is 5.04. The van der Waals surface area contributed by atoms with E-state index in [9.17, 15) is 0 Å². The van der Waals surface area contributed by atoms with Crippen LogP contribution in [0.1, 0.15) is 26.0 Å². The minimum atomic E-state index is 0.486. The van der Waals surface area contributed by atoms with Crippen LogP contribution in [0.25, 0.3) is 0 Å². The molecule has 1 aromatic carbocycles. The number of nitrogens with zero attached hydrogens (tertiary/aromatic N) is 2. The van der Waals surface area contributed by atoms with Gasteiger partial charge in [0.2, 0.25) is 5.88 Å². The number of benzene rings is 1. The molecular formula is C16H21N3O2. The summed E-state index contributed by atoms with van der Waals surface area (Å²) in [5.74, 6) is 1.96. The zero-order valence-electron chi connectivity index (χ0n) is 12.5. The third-order valence-corrected chi connectivity index (χ3v) is 2.73. The summed E-state index contributed by atoms with van der Waals surface area (Å²) >= 11 is 0. The number of rotatable bonds is 8. The summed E-state index contributed by atoms with van der Waals surface area (Å²) in [4.78, 5) is 8.59. The van der Waals surface area contributed by atoms with Crippen molar-refractivity contribution >= 4 is 0 Å². The summed E-state index contributed by atoms with van der Waals surface area (Å²) in [5, 5.41) is 3.29. The molecule has 0 fully saturated rings. The first-order chi connectivity index (χ1) is 10.3. The van der Waals surface area contributed by atoms with Crippen LogP contribution in [0.5, 0.6) is 17.4 Å². The number of hydrogen-bond donors (Lipinski definition) is 1. The fourth-order valence-corrected chi connectivity index (χ4v) is 1.83. The van der Waals surface area contributed by atoms with Gasteiger partial charge < -0.3 is 14.8 Å². The molecule has 5 heteroatoms. The summed E-state index contributed by atoms with van der Waals surface area (Å²) in [6.45, 7) is 6.36. The molecule has 21 heavy (non-hydrogen) atoms. The summed E-state index contributed by atoms with van der Waals surface area (Å²) in [5.41, 5.74) is 0.863. The van der Waals surface area contributed by atoms with Crippen LogP contribution in [0.4, 0.5) is 0 Å². The van der Waals surface area contributed by atoms with Crippen LogP contribution in [0.15, 0.2) is 36.7 Å². The molecule has 0 amide bonds. The molecule has 0 saturated heterocycles. The first kappa shape index (κ1) is 15.3. The van der Waals surface area contributed by atoms with Gasteiger partial charge in [0, 0.05) is 18.8 Å². The van der Waals surface area contributed by atoms with Gasteiger partial charge in [0.25, 0.3) is 0 Å². The van der Waals surface area contributed by atoms with Gasteiger partial charge >= 0.3 is 0 Å². The highest BCUT2D eigenvalue weighted by Gasteiger charge is 2.03. The van der Waals surface area contributed by atoms with Crippen LogP contribution in [-0.2, 0) is 6.54 Å². The van der Waals surface area contributed by atoms with Crippen molar-refractivity contribution in [3.05, 3.63) is 42.4 Å². The lowest BCUT2D eigenvalue weighted by molar-refractivity contribution is 0.338. The van der Waals surface area contributed by atoms with E-state index in [0.717, 1.165) is 24.4 Å². The van der Waals surface area contributed by atoms with Crippen LogP contribution in [0.2, 0.25) is 0 Å². The molecule has 1 aromatic heterocycles. The predicted octanol–water partition coefficient (Wildman–Crippen LogP) is 3.17. The molecule has 1 N–H and O–H groups in total. The zero-order chi connectivity index (χ0) is 14.9. The Kier molecular flexibility index (Phi) is 5.97.